The lowest BCUT2D eigenvalue weighted by Crippen LogP contribution is -2.19. The maximum Gasteiger partial charge on any atom is 0.0937 e. The molecule has 2 N–H and O–H groups in total. The molecule has 0 aromatic heterocycles. The topological polar surface area (TPSA) is 38.4 Å². The highest BCUT2D eigenvalue weighted by Crippen LogP contribution is 2.09. The van der Waals surface area contributed by atoms with E-state index in [0.717, 1.165) is 18.7 Å². The van der Waals surface area contributed by atoms with Crippen LogP contribution in [0.3, 0.4) is 0 Å². The lowest BCUT2D eigenvalue weighted by atomic mass is 10.0. The Morgan fingerprint density at radius 3 is 2.18 bits per heavy atom. The zero-order valence-corrected chi connectivity index (χ0v) is 8.09. The van der Waals surface area contributed by atoms with Gasteiger partial charge in [0.2, 0.25) is 0 Å². The summed E-state index contributed by atoms with van der Waals surface area (Å²) >= 11 is 0. The predicted octanol–water partition coefficient (Wildman–Crippen LogP) is 2.19. The monoisotopic (exact) mass is 156 g/mol. The van der Waals surface area contributed by atoms with Crippen LogP contribution in [-0.4, -0.2) is 11.9 Å². The molecule has 0 rings (SSSR count). The van der Waals surface area contributed by atoms with Crippen molar-refractivity contribution in [1.29, 1.82) is 0 Å². The first-order valence-corrected chi connectivity index (χ1v) is 4.43. The molecule has 0 aromatic rings. The molecule has 0 saturated carbocycles. The van der Waals surface area contributed by atoms with Gasteiger partial charge in [0.15, 0.2) is 0 Å². The van der Waals surface area contributed by atoms with E-state index in [2.05, 4.69) is 25.8 Å². The van der Waals surface area contributed by atoms with Crippen LogP contribution in [0.2, 0.25) is 0 Å². The molecule has 0 bridgehead atoms. The summed E-state index contributed by atoms with van der Waals surface area (Å²) in [5, 5.41) is 0. The summed E-state index contributed by atoms with van der Waals surface area (Å²) < 4.78 is 0. The number of hydrogen-bond acceptors (Lipinski definition) is 1. The van der Waals surface area contributed by atoms with Crippen LogP contribution in [0.15, 0.2) is 4.99 Å². The van der Waals surface area contributed by atoms with Gasteiger partial charge in [-0.3, -0.25) is 4.99 Å². The summed E-state index contributed by atoms with van der Waals surface area (Å²) in [6.07, 6.45) is 1.95. The van der Waals surface area contributed by atoms with Crippen LogP contribution < -0.4 is 5.73 Å². The SMILES string of the molecule is CCC(N)=NC(CC)C(C)C. The van der Waals surface area contributed by atoms with Crippen LogP contribution in [0.4, 0.5) is 0 Å². The fourth-order valence-electron chi connectivity index (χ4n) is 1.02. The van der Waals surface area contributed by atoms with Crippen molar-refractivity contribution in [2.75, 3.05) is 0 Å². The van der Waals surface area contributed by atoms with Crippen molar-refractivity contribution >= 4 is 5.84 Å². The van der Waals surface area contributed by atoms with E-state index in [4.69, 9.17) is 5.73 Å². The van der Waals surface area contributed by atoms with Crippen LogP contribution >= 0.6 is 0 Å². The van der Waals surface area contributed by atoms with Gasteiger partial charge in [0.25, 0.3) is 0 Å². The molecule has 0 radical (unpaired) electrons. The van der Waals surface area contributed by atoms with Crippen molar-refractivity contribution in [1.82, 2.24) is 0 Å². The highest BCUT2D eigenvalue weighted by molar-refractivity contribution is 5.80. The van der Waals surface area contributed by atoms with Crippen molar-refractivity contribution in [3.8, 4) is 0 Å². The van der Waals surface area contributed by atoms with E-state index >= 15 is 0 Å². The van der Waals surface area contributed by atoms with Gasteiger partial charge in [0.1, 0.15) is 0 Å². The van der Waals surface area contributed by atoms with Gasteiger partial charge in [0.05, 0.1) is 11.9 Å². The Morgan fingerprint density at radius 1 is 1.36 bits per heavy atom. The van der Waals surface area contributed by atoms with Crippen molar-refractivity contribution in [3.63, 3.8) is 0 Å². The van der Waals surface area contributed by atoms with Gasteiger partial charge in [0, 0.05) is 6.42 Å². The van der Waals surface area contributed by atoms with Gasteiger partial charge in [-0.2, -0.15) is 0 Å². The van der Waals surface area contributed by atoms with Gasteiger partial charge in [-0.15, -0.1) is 0 Å². The summed E-state index contributed by atoms with van der Waals surface area (Å²) in [7, 11) is 0. The van der Waals surface area contributed by atoms with Crippen molar-refractivity contribution in [3.05, 3.63) is 0 Å². The third kappa shape index (κ3) is 4.02. The fraction of sp³-hybridized carbons (Fsp3) is 0.889. The number of amidine groups is 1. The van der Waals surface area contributed by atoms with E-state index in [1.807, 2.05) is 6.92 Å². The number of hydrogen-bond donors (Lipinski definition) is 1. The van der Waals surface area contributed by atoms with E-state index in [9.17, 15) is 0 Å². The molecule has 0 spiro atoms. The number of nitrogens with two attached hydrogens (primary N) is 1. The summed E-state index contributed by atoms with van der Waals surface area (Å²) in [5.41, 5.74) is 5.64. The lowest BCUT2D eigenvalue weighted by molar-refractivity contribution is 0.482. The number of nitrogens with zero attached hydrogens (tertiary/aromatic N) is 1. The molecular weight excluding hydrogens is 136 g/mol. The lowest BCUT2D eigenvalue weighted by Gasteiger charge is -2.14. The van der Waals surface area contributed by atoms with Crippen molar-refractivity contribution < 1.29 is 0 Å². The van der Waals surface area contributed by atoms with E-state index in [1.54, 1.807) is 0 Å². The highest BCUT2D eigenvalue weighted by atomic mass is 14.9. The maximum absolute atomic E-state index is 5.64. The minimum absolute atomic E-state index is 0.412. The molecule has 2 nitrogen and oxygen atoms in total. The van der Waals surface area contributed by atoms with Gasteiger partial charge >= 0.3 is 0 Å². The molecule has 0 aliphatic heterocycles. The van der Waals surface area contributed by atoms with Crippen molar-refractivity contribution in [2.45, 2.75) is 46.6 Å². The van der Waals surface area contributed by atoms with Gasteiger partial charge in [-0.1, -0.05) is 27.7 Å². The quantitative estimate of drug-likeness (QED) is 0.492. The summed E-state index contributed by atoms with van der Waals surface area (Å²) in [5.74, 6) is 1.38. The van der Waals surface area contributed by atoms with Gasteiger partial charge < -0.3 is 5.73 Å². The molecule has 0 aromatic carbocycles. The van der Waals surface area contributed by atoms with Gasteiger partial charge in [-0.05, 0) is 12.3 Å². The maximum atomic E-state index is 5.64. The average Bonchev–Trinajstić information content (AvgIpc) is 1.99. The summed E-state index contributed by atoms with van der Waals surface area (Å²) in [6.45, 7) is 8.55. The Hall–Kier alpha value is -0.530. The Balaban J connectivity index is 4.06. The summed E-state index contributed by atoms with van der Waals surface area (Å²) in [4.78, 5) is 4.41. The molecule has 0 heterocycles. The predicted molar refractivity (Wildman–Crippen MR) is 50.8 cm³/mol. The van der Waals surface area contributed by atoms with Crippen LogP contribution in [0.5, 0.6) is 0 Å². The Labute approximate surface area is 69.9 Å². The molecule has 0 saturated heterocycles. The minimum atomic E-state index is 0.412. The van der Waals surface area contributed by atoms with E-state index in [1.165, 1.54) is 0 Å². The van der Waals surface area contributed by atoms with Crippen LogP contribution in [0.1, 0.15) is 40.5 Å². The second-order valence-corrected chi connectivity index (χ2v) is 3.19. The molecule has 66 valence electrons. The molecule has 2 heteroatoms. The Kier molecular flexibility index (Phi) is 4.92. The third-order valence-corrected chi connectivity index (χ3v) is 1.88. The molecule has 1 atom stereocenters. The zero-order valence-electron chi connectivity index (χ0n) is 8.09. The van der Waals surface area contributed by atoms with E-state index in [-0.39, 0.29) is 0 Å². The Morgan fingerprint density at radius 2 is 1.91 bits per heavy atom. The second kappa shape index (κ2) is 5.16. The van der Waals surface area contributed by atoms with E-state index < -0.39 is 0 Å². The van der Waals surface area contributed by atoms with Gasteiger partial charge in [-0.25, -0.2) is 0 Å². The zero-order chi connectivity index (χ0) is 8.85. The molecule has 1 unspecified atom stereocenters. The normalized spacial score (nSPS) is 15.5. The van der Waals surface area contributed by atoms with E-state index in [0.29, 0.717) is 12.0 Å². The average molecular weight is 156 g/mol. The molecule has 11 heavy (non-hydrogen) atoms. The molecule has 0 fully saturated rings. The highest BCUT2D eigenvalue weighted by Gasteiger charge is 2.08. The smallest absolute Gasteiger partial charge is 0.0937 e. The molecule has 0 aliphatic carbocycles. The standard InChI is InChI=1S/C9H20N2/c1-5-8(7(3)4)11-9(10)6-2/h7-8H,5-6H2,1-4H3,(H2,10,11). The van der Waals surface area contributed by atoms with Crippen LogP contribution in [0.25, 0.3) is 0 Å². The first-order valence-electron chi connectivity index (χ1n) is 4.43. The first-order chi connectivity index (χ1) is 5.11. The second-order valence-electron chi connectivity index (χ2n) is 3.19. The number of aliphatic imine (C=N–C) groups is 1. The summed E-state index contributed by atoms with van der Waals surface area (Å²) in [6, 6.07) is 0.412. The van der Waals surface area contributed by atoms with Crippen LogP contribution in [-0.2, 0) is 0 Å². The molecule has 0 amide bonds. The van der Waals surface area contributed by atoms with Crippen LogP contribution in [0, 0.1) is 5.92 Å². The number of rotatable bonds is 4. The van der Waals surface area contributed by atoms with Crippen molar-refractivity contribution in [2.24, 2.45) is 16.6 Å². The Bertz CT molecular complexity index is 128. The largest absolute Gasteiger partial charge is 0.387 e. The first kappa shape index (κ1) is 10.5. The molecule has 0 aliphatic rings. The minimum Gasteiger partial charge on any atom is -0.387 e. The fourth-order valence-corrected chi connectivity index (χ4v) is 1.02. The molecular formula is C9H20N2. The third-order valence-electron chi connectivity index (χ3n) is 1.88.